The van der Waals surface area contributed by atoms with Crippen molar-refractivity contribution in [3.05, 3.63) is 41.6 Å². The minimum atomic E-state index is 0.642. The number of benzene rings is 1. The summed E-state index contributed by atoms with van der Waals surface area (Å²) in [6.45, 7) is 4.61. The predicted octanol–water partition coefficient (Wildman–Crippen LogP) is 2.35. The molecule has 112 valence electrons. The third kappa shape index (κ3) is 2.16. The molecule has 0 spiro atoms. The summed E-state index contributed by atoms with van der Waals surface area (Å²) in [6, 6.07) is 10.5. The van der Waals surface area contributed by atoms with Gasteiger partial charge in [-0.1, -0.05) is 30.3 Å². The zero-order valence-corrected chi connectivity index (χ0v) is 12.5. The van der Waals surface area contributed by atoms with Crippen LogP contribution >= 0.6 is 0 Å². The molecule has 22 heavy (non-hydrogen) atoms. The van der Waals surface area contributed by atoms with E-state index in [0.29, 0.717) is 5.95 Å². The maximum Gasteiger partial charge on any atom is 0.226 e. The van der Waals surface area contributed by atoms with Gasteiger partial charge in [-0.15, -0.1) is 0 Å². The van der Waals surface area contributed by atoms with Gasteiger partial charge in [-0.05, 0) is 12.5 Å². The molecule has 0 aliphatic carbocycles. The number of nitrogens with zero attached hydrogens (tertiary/aromatic N) is 4. The van der Waals surface area contributed by atoms with Crippen LogP contribution in [0, 0.1) is 0 Å². The Bertz CT molecular complexity index is 795. The lowest BCUT2D eigenvalue weighted by molar-refractivity contribution is 0.747. The van der Waals surface area contributed by atoms with Crippen LogP contribution in [-0.2, 0) is 13.0 Å². The predicted molar refractivity (Wildman–Crippen MR) is 87.0 cm³/mol. The number of H-pyrrole nitrogens is 1. The molecule has 0 saturated heterocycles. The summed E-state index contributed by atoms with van der Waals surface area (Å²) < 4.78 is 0. The Labute approximate surface area is 128 Å². The first-order chi connectivity index (χ1) is 10.8. The van der Waals surface area contributed by atoms with E-state index in [1.54, 1.807) is 0 Å². The van der Waals surface area contributed by atoms with Gasteiger partial charge in [-0.2, -0.15) is 15.1 Å². The summed E-state index contributed by atoms with van der Waals surface area (Å²) in [5, 5.41) is 11.7. The van der Waals surface area contributed by atoms with Crippen LogP contribution in [0.2, 0.25) is 0 Å². The number of hydrogen-bond donors (Lipinski definition) is 2. The van der Waals surface area contributed by atoms with Gasteiger partial charge in [-0.3, -0.25) is 5.10 Å². The zero-order chi connectivity index (χ0) is 14.9. The van der Waals surface area contributed by atoms with E-state index in [9.17, 15) is 0 Å². The standard InChI is InChI=1S/C16H18N6/c1-2-17-16-18-14-13-12(20-21-14)8-9-22(15(13)19-16)10-11-6-4-3-5-7-11/h3-7H,2,8-10H2,1H3,(H2,17,18,19,20,21). The Hall–Kier alpha value is -2.63. The summed E-state index contributed by atoms with van der Waals surface area (Å²) in [7, 11) is 0. The second-order valence-corrected chi connectivity index (χ2v) is 5.46. The normalized spacial score (nSPS) is 13.6. The lowest BCUT2D eigenvalue weighted by atomic mass is 10.1. The van der Waals surface area contributed by atoms with E-state index in [0.717, 1.165) is 48.6 Å². The van der Waals surface area contributed by atoms with Gasteiger partial charge < -0.3 is 10.2 Å². The fourth-order valence-electron chi connectivity index (χ4n) is 2.92. The Kier molecular flexibility index (Phi) is 3.14. The molecule has 2 N–H and O–H groups in total. The summed E-state index contributed by atoms with van der Waals surface area (Å²) in [6.07, 6.45) is 0.945. The smallest absolute Gasteiger partial charge is 0.226 e. The van der Waals surface area contributed by atoms with E-state index < -0.39 is 0 Å². The number of rotatable bonds is 4. The molecule has 2 aromatic heterocycles. The van der Waals surface area contributed by atoms with E-state index in [4.69, 9.17) is 4.98 Å². The van der Waals surface area contributed by atoms with Gasteiger partial charge in [0.15, 0.2) is 5.65 Å². The van der Waals surface area contributed by atoms with E-state index in [-0.39, 0.29) is 0 Å². The highest BCUT2D eigenvalue weighted by molar-refractivity contribution is 5.91. The van der Waals surface area contributed by atoms with Crippen LogP contribution in [0.1, 0.15) is 18.2 Å². The first kappa shape index (κ1) is 13.1. The molecule has 0 atom stereocenters. The highest BCUT2D eigenvalue weighted by Gasteiger charge is 2.24. The van der Waals surface area contributed by atoms with Crippen LogP contribution in [0.5, 0.6) is 0 Å². The second-order valence-electron chi connectivity index (χ2n) is 5.46. The number of anilines is 2. The summed E-state index contributed by atoms with van der Waals surface area (Å²) in [5.41, 5.74) is 3.16. The van der Waals surface area contributed by atoms with Gasteiger partial charge in [0.2, 0.25) is 5.95 Å². The summed E-state index contributed by atoms with van der Waals surface area (Å²) in [4.78, 5) is 11.5. The molecule has 0 bridgehead atoms. The maximum atomic E-state index is 4.71. The molecule has 1 aromatic carbocycles. The van der Waals surface area contributed by atoms with Gasteiger partial charge >= 0.3 is 0 Å². The summed E-state index contributed by atoms with van der Waals surface area (Å²) >= 11 is 0. The van der Waals surface area contributed by atoms with Gasteiger partial charge in [0, 0.05) is 26.1 Å². The largest absolute Gasteiger partial charge is 0.354 e. The number of nitrogens with one attached hydrogen (secondary N) is 2. The van der Waals surface area contributed by atoms with Crippen molar-refractivity contribution in [2.45, 2.75) is 19.9 Å². The Morgan fingerprint density at radius 1 is 1.23 bits per heavy atom. The van der Waals surface area contributed by atoms with Crippen LogP contribution in [0.4, 0.5) is 11.8 Å². The van der Waals surface area contributed by atoms with Crippen LogP contribution in [0.15, 0.2) is 30.3 Å². The van der Waals surface area contributed by atoms with E-state index >= 15 is 0 Å². The lowest BCUT2D eigenvalue weighted by Gasteiger charge is -2.28. The van der Waals surface area contributed by atoms with Crippen LogP contribution in [0.25, 0.3) is 11.0 Å². The van der Waals surface area contributed by atoms with Gasteiger partial charge in [0.05, 0.1) is 11.1 Å². The third-order valence-electron chi connectivity index (χ3n) is 3.95. The van der Waals surface area contributed by atoms with Crippen molar-refractivity contribution in [3.8, 4) is 0 Å². The van der Waals surface area contributed by atoms with Crippen molar-refractivity contribution >= 4 is 22.8 Å². The van der Waals surface area contributed by atoms with E-state index in [2.05, 4.69) is 49.7 Å². The van der Waals surface area contributed by atoms with Crippen LogP contribution in [-0.4, -0.2) is 33.3 Å². The second kappa shape index (κ2) is 5.29. The Morgan fingerprint density at radius 3 is 2.91 bits per heavy atom. The lowest BCUT2D eigenvalue weighted by Crippen LogP contribution is -2.29. The summed E-state index contributed by atoms with van der Waals surface area (Å²) in [5.74, 6) is 1.61. The zero-order valence-electron chi connectivity index (χ0n) is 12.5. The number of aromatic nitrogens is 4. The van der Waals surface area contributed by atoms with Crippen molar-refractivity contribution in [1.82, 2.24) is 20.2 Å². The first-order valence-electron chi connectivity index (χ1n) is 7.63. The molecule has 0 fully saturated rings. The minimum Gasteiger partial charge on any atom is -0.354 e. The molecule has 4 rings (SSSR count). The molecular weight excluding hydrogens is 276 g/mol. The average Bonchev–Trinajstić information content (AvgIpc) is 2.96. The van der Waals surface area contributed by atoms with Gasteiger partial charge in [-0.25, -0.2) is 0 Å². The van der Waals surface area contributed by atoms with Crippen molar-refractivity contribution in [2.24, 2.45) is 0 Å². The van der Waals surface area contributed by atoms with Crippen LogP contribution < -0.4 is 10.2 Å². The van der Waals surface area contributed by atoms with Crippen LogP contribution in [0.3, 0.4) is 0 Å². The molecule has 6 heteroatoms. The highest BCUT2D eigenvalue weighted by Crippen LogP contribution is 2.32. The molecule has 1 aliphatic heterocycles. The molecule has 6 nitrogen and oxygen atoms in total. The topological polar surface area (TPSA) is 69.7 Å². The molecule has 3 aromatic rings. The fraction of sp³-hybridized carbons (Fsp3) is 0.312. The Morgan fingerprint density at radius 2 is 2.09 bits per heavy atom. The minimum absolute atomic E-state index is 0.642. The molecule has 0 radical (unpaired) electrons. The SMILES string of the molecule is CCNc1nc2c3c([nH]nc3n1)CCN2Cc1ccccc1. The maximum absolute atomic E-state index is 4.71. The molecule has 1 aliphatic rings. The Balaban J connectivity index is 1.77. The molecule has 3 heterocycles. The molecule has 0 amide bonds. The van der Waals surface area contributed by atoms with Gasteiger partial charge in [0.25, 0.3) is 0 Å². The average molecular weight is 294 g/mol. The van der Waals surface area contributed by atoms with E-state index in [1.807, 2.05) is 13.0 Å². The van der Waals surface area contributed by atoms with Gasteiger partial charge in [0.1, 0.15) is 5.82 Å². The van der Waals surface area contributed by atoms with Crippen molar-refractivity contribution in [2.75, 3.05) is 23.3 Å². The molecular formula is C16H18N6. The number of hydrogen-bond acceptors (Lipinski definition) is 5. The molecule has 0 saturated carbocycles. The number of aromatic amines is 1. The first-order valence-corrected chi connectivity index (χ1v) is 7.63. The quantitative estimate of drug-likeness (QED) is 0.773. The van der Waals surface area contributed by atoms with E-state index in [1.165, 1.54) is 5.56 Å². The third-order valence-corrected chi connectivity index (χ3v) is 3.95. The molecule has 0 unspecified atom stereocenters. The monoisotopic (exact) mass is 294 g/mol. The highest BCUT2D eigenvalue weighted by atomic mass is 15.3. The fourth-order valence-corrected chi connectivity index (χ4v) is 2.92. The van der Waals surface area contributed by atoms with Crippen molar-refractivity contribution in [1.29, 1.82) is 0 Å². The van der Waals surface area contributed by atoms with Crippen molar-refractivity contribution in [3.63, 3.8) is 0 Å². The van der Waals surface area contributed by atoms with Crippen molar-refractivity contribution < 1.29 is 0 Å².